The summed E-state index contributed by atoms with van der Waals surface area (Å²) >= 11 is 0. The Kier molecular flexibility index (Phi) is 11.4. The number of nitrogens with one attached hydrogen (secondary N) is 4. The summed E-state index contributed by atoms with van der Waals surface area (Å²) in [5.41, 5.74) is 6.80. The highest BCUT2D eigenvalue weighted by atomic mass is 16.4. The largest absolute Gasteiger partial charge is 0.508 e. The smallest absolute Gasteiger partial charge is 0.326 e. The topological polar surface area (TPSA) is 237 Å². The number of nitrogens with two attached hydrogens (primary N) is 1. The molecule has 0 saturated carbocycles. The van der Waals surface area contributed by atoms with Gasteiger partial charge in [-0.05, 0) is 30.0 Å². The molecular weight excluding hydrogens is 512 g/mol. The summed E-state index contributed by atoms with van der Waals surface area (Å²) in [5, 5.41) is 35.5. The third-order valence-electron chi connectivity index (χ3n) is 5.86. The third kappa shape index (κ3) is 10.1. The number of aromatic nitrogens is 2. The Bertz CT molecular complexity index is 1140. The number of hydrogen-bond acceptors (Lipinski definition) is 8. The lowest BCUT2D eigenvalue weighted by Crippen LogP contribution is -2.59. The molecular formula is C25H34N6O8. The van der Waals surface area contributed by atoms with Crippen molar-refractivity contribution < 1.29 is 39.3 Å². The predicted octanol–water partition coefficient (Wildman–Crippen LogP) is -0.712. The van der Waals surface area contributed by atoms with Crippen LogP contribution >= 0.6 is 0 Å². The first-order valence-corrected chi connectivity index (χ1v) is 12.2. The molecule has 1 aromatic heterocycles. The number of phenols is 1. The fourth-order valence-corrected chi connectivity index (χ4v) is 3.63. The first-order valence-electron chi connectivity index (χ1n) is 12.2. The number of rotatable bonds is 15. The van der Waals surface area contributed by atoms with E-state index in [2.05, 4.69) is 25.9 Å². The highest BCUT2D eigenvalue weighted by Gasteiger charge is 2.32. The van der Waals surface area contributed by atoms with Gasteiger partial charge in [-0.3, -0.25) is 19.2 Å². The minimum atomic E-state index is -1.34. The maximum absolute atomic E-state index is 13.2. The molecule has 0 saturated heterocycles. The van der Waals surface area contributed by atoms with Crippen molar-refractivity contribution in [2.45, 2.75) is 63.7 Å². The molecule has 0 aliphatic heterocycles. The molecule has 0 radical (unpaired) electrons. The second-order valence-electron chi connectivity index (χ2n) is 9.38. The SMILES string of the molecule is CC(C)C(NC(=O)C(N)CCC(=O)O)C(=O)NC(Cc1cnc[nH]1)C(=O)NC(Cc1ccc(O)cc1)C(=O)O. The summed E-state index contributed by atoms with van der Waals surface area (Å²) in [7, 11) is 0. The molecule has 14 heteroatoms. The van der Waals surface area contributed by atoms with Crippen LogP contribution in [0.25, 0.3) is 0 Å². The average Bonchev–Trinajstić information content (AvgIpc) is 3.38. The molecule has 4 unspecified atom stereocenters. The Balaban J connectivity index is 2.17. The number of phenolic OH excluding ortho intramolecular Hbond substituents is 1. The van der Waals surface area contributed by atoms with E-state index < -0.39 is 59.7 Å². The second-order valence-corrected chi connectivity index (χ2v) is 9.38. The lowest BCUT2D eigenvalue weighted by molar-refractivity contribution is -0.142. The number of imidazole rings is 1. The number of carboxylic acid groups (broad SMARTS) is 2. The Morgan fingerprint density at radius 1 is 0.923 bits per heavy atom. The zero-order valence-corrected chi connectivity index (χ0v) is 21.6. The lowest BCUT2D eigenvalue weighted by Gasteiger charge is -2.27. The first kappa shape index (κ1) is 30.8. The molecule has 0 spiro atoms. The zero-order chi connectivity index (χ0) is 29.1. The molecule has 2 aromatic rings. The van der Waals surface area contributed by atoms with Gasteiger partial charge in [-0.15, -0.1) is 0 Å². The first-order chi connectivity index (χ1) is 18.4. The van der Waals surface area contributed by atoms with E-state index in [-0.39, 0.29) is 31.4 Å². The number of nitrogens with zero attached hydrogens (tertiary/aromatic N) is 1. The van der Waals surface area contributed by atoms with E-state index in [4.69, 9.17) is 10.8 Å². The number of H-pyrrole nitrogens is 1. The van der Waals surface area contributed by atoms with Crippen LogP contribution in [0.4, 0.5) is 0 Å². The molecule has 0 fully saturated rings. The van der Waals surface area contributed by atoms with E-state index in [1.807, 2.05) is 0 Å². The number of aromatic hydroxyl groups is 1. The summed E-state index contributed by atoms with van der Waals surface area (Å²) in [4.78, 5) is 68.2. The van der Waals surface area contributed by atoms with Gasteiger partial charge in [-0.2, -0.15) is 0 Å². The number of hydrogen-bond donors (Lipinski definition) is 8. The van der Waals surface area contributed by atoms with Gasteiger partial charge in [0.05, 0.1) is 12.4 Å². The van der Waals surface area contributed by atoms with Crippen LogP contribution in [0.3, 0.4) is 0 Å². The van der Waals surface area contributed by atoms with Gasteiger partial charge in [0.2, 0.25) is 17.7 Å². The van der Waals surface area contributed by atoms with E-state index >= 15 is 0 Å². The highest BCUT2D eigenvalue weighted by molar-refractivity contribution is 5.94. The van der Waals surface area contributed by atoms with Gasteiger partial charge in [0.25, 0.3) is 0 Å². The lowest BCUT2D eigenvalue weighted by atomic mass is 10.0. The normalized spacial score (nSPS) is 14.1. The number of carboxylic acids is 2. The number of amides is 3. The van der Waals surface area contributed by atoms with E-state index in [0.29, 0.717) is 11.3 Å². The number of aliphatic carboxylic acids is 2. The summed E-state index contributed by atoms with van der Waals surface area (Å²) < 4.78 is 0. The quantitative estimate of drug-likeness (QED) is 0.140. The standard InChI is InChI=1S/C25H34N6O8/c1-13(2)21(31-22(35)17(26)7-8-20(33)34)24(37)29-18(10-15-11-27-12-28-15)23(36)30-19(25(38)39)9-14-3-5-16(32)6-4-14/h3-6,11-13,17-19,21,32H,7-10,26H2,1-2H3,(H,27,28)(H,29,37)(H,30,36)(H,31,35)(H,33,34)(H,38,39). The van der Waals surface area contributed by atoms with Crippen LogP contribution in [0, 0.1) is 5.92 Å². The zero-order valence-electron chi connectivity index (χ0n) is 21.6. The molecule has 0 bridgehead atoms. The van der Waals surface area contributed by atoms with Crippen LogP contribution in [0.15, 0.2) is 36.8 Å². The van der Waals surface area contributed by atoms with Gasteiger partial charge in [0, 0.05) is 31.2 Å². The van der Waals surface area contributed by atoms with Gasteiger partial charge in [-0.1, -0.05) is 26.0 Å². The molecule has 2 rings (SSSR count). The van der Waals surface area contributed by atoms with Gasteiger partial charge in [0.1, 0.15) is 23.9 Å². The maximum Gasteiger partial charge on any atom is 0.326 e. The Morgan fingerprint density at radius 3 is 2.10 bits per heavy atom. The van der Waals surface area contributed by atoms with Gasteiger partial charge < -0.3 is 42.0 Å². The molecule has 0 aliphatic rings. The molecule has 1 heterocycles. The molecule has 0 aliphatic carbocycles. The fraction of sp³-hybridized carbons (Fsp3) is 0.440. The van der Waals surface area contributed by atoms with Crippen LogP contribution in [-0.2, 0) is 36.8 Å². The van der Waals surface area contributed by atoms with Gasteiger partial charge >= 0.3 is 11.9 Å². The summed E-state index contributed by atoms with van der Waals surface area (Å²) in [6.45, 7) is 3.32. The third-order valence-corrected chi connectivity index (χ3v) is 5.86. The van der Waals surface area contributed by atoms with E-state index in [1.54, 1.807) is 13.8 Å². The molecule has 1 aromatic carbocycles. The van der Waals surface area contributed by atoms with Crippen molar-refractivity contribution in [1.29, 1.82) is 0 Å². The minimum absolute atomic E-state index is 0.00614. The van der Waals surface area contributed by atoms with Gasteiger partial charge in [0.15, 0.2) is 0 Å². The fourth-order valence-electron chi connectivity index (χ4n) is 3.63. The van der Waals surface area contributed by atoms with Crippen molar-refractivity contribution in [2.75, 3.05) is 0 Å². The van der Waals surface area contributed by atoms with Crippen LogP contribution in [0.2, 0.25) is 0 Å². The average molecular weight is 547 g/mol. The van der Waals surface area contributed by atoms with Crippen molar-refractivity contribution in [3.05, 3.63) is 48.0 Å². The van der Waals surface area contributed by atoms with Crippen LogP contribution in [-0.4, -0.2) is 79.1 Å². The number of aromatic amines is 1. The van der Waals surface area contributed by atoms with Crippen LogP contribution in [0.5, 0.6) is 5.75 Å². The highest BCUT2D eigenvalue weighted by Crippen LogP contribution is 2.12. The number of carbonyl (C=O) groups excluding carboxylic acids is 3. The maximum atomic E-state index is 13.2. The summed E-state index contributed by atoms with van der Waals surface area (Å²) in [6, 6.07) is 0.996. The van der Waals surface area contributed by atoms with Crippen molar-refractivity contribution in [1.82, 2.24) is 25.9 Å². The molecule has 14 nitrogen and oxygen atoms in total. The number of benzene rings is 1. The van der Waals surface area contributed by atoms with Crippen molar-refractivity contribution >= 4 is 29.7 Å². The number of carbonyl (C=O) groups is 5. The molecule has 4 atom stereocenters. The molecule has 9 N–H and O–H groups in total. The summed E-state index contributed by atoms with van der Waals surface area (Å²) in [6.07, 6.45) is 2.24. The van der Waals surface area contributed by atoms with Crippen molar-refractivity contribution in [2.24, 2.45) is 11.7 Å². The molecule has 212 valence electrons. The van der Waals surface area contributed by atoms with Crippen LogP contribution in [0.1, 0.15) is 37.9 Å². The Hall–Kier alpha value is -4.46. The monoisotopic (exact) mass is 546 g/mol. The van der Waals surface area contributed by atoms with E-state index in [1.165, 1.54) is 36.8 Å². The summed E-state index contributed by atoms with van der Waals surface area (Å²) in [5.74, 6) is -5.06. The second kappa shape index (κ2) is 14.5. The predicted molar refractivity (Wildman–Crippen MR) is 137 cm³/mol. The minimum Gasteiger partial charge on any atom is -0.508 e. The van der Waals surface area contributed by atoms with E-state index in [9.17, 15) is 34.2 Å². The van der Waals surface area contributed by atoms with Crippen molar-refractivity contribution in [3.8, 4) is 5.75 Å². The van der Waals surface area contributed by atoms with Crippen LogP contribution < -0.4 is 21.7 Å². The molecule has 3 amide bonds. The van der Waals surface area contributed by atoms with Gasteiger partial charge in [-0.25, -0.2) is 9.78 Å². The Morgan fingerprint density at radius 2 is 1.56 bits per heavy atom. The van der Waals surface area contributed by atoms with Crippen molar-refractivity contribution in [3.63, 3.8) is 0 Å². The Labute approximate surface area is 224 Å². The molecule has 39 heavy (non-hydrogen) atoms. The van der Waals surface area contributed by atoms with E-state index in [0.717, 1.165) is 0 Å².